The normalized spacial score (nSPS) is 10.8. The van der Waals surface area contributed by atoms with E-state index in [0.29, 0.717) is 18.0 Å². The maximum Gasteiger partial charge on any atom is 0.573 e. The number of carbonyl (C=O) groups excluding carboxylic acids is 1. The van der Waals surface area contributed by atoms with Crippen molar-refractivity contribution in [3.05, 3.63) is 67.3 Å². The molecule has 2 aromatic carbocycles. The fourth-order valence-corrected chi connectivity index (χ4v) is 2.05. The molecular weight excluding hydrogens is 413 g/mol. The summed E-state index contributed by atoms with van der Waals surface area (Å²) in [7, 11) is 0. The molecule has 0 N–H and O–H groups in total. The Morgan fingerprint density at radius 2 is 1.58 bits per heavy atom. The Hall–Kier alpha value is -3.20. The van der Waals surface area contributed by atoms with E-state index < -0.39 is 12.3 Å². The number of azo groups is 1. The zero-order valence-electron chi connectivity index (χ0n) is 17.2. The van der Waals surface area contributed by atoms with Crippen LogP contribution in [0, 0.1) is 0 Å². The molecule has 9 heteroatoms. The van der Waals surface area contributed by atoms with Gasteiger partial charge in [-0.1, -0.05) is 51.0 Å². The van der Waals surface area contributed by atoms with E-state index in [1.165, 1.54) is 37.1 Å². The number of nitrogens with zero attached hydrogens (tertiary/aromatic N) is 2. The zero-order valence-corrected chi connectivity index (χ0v) is 17.2. The molecule has 0 amide bonds. The quantitative estimate of drug-likeness (QED) is 0.129. The lowest BCUT2D eigenvalue weighted by molar-refractivity contribution is -0.274. The smallest absolute Gasteiger partial charge is 0.406 e. The van der Waals surface area contributed by atoms with Crippen molar-refractivity contribution in [2.24, 2.45) is 10.2 Å². The predicted molar refractivity (Wildman–Crippen MR) is 110 cm³/mol. The molecule has 31 heavy (non-hydrogen) atoms. The summed E-state index contributed by atoms with van der Waals surface area (Å²) < 4.78 is 39.6. The van der Waals surface area contributed by atoms with Crippen LogP contribution in [0.25, 0.3) is 0 Å². The number of halogens is 3. The number of alkyl halides is 3. The molecule has 2 aromatic rings. The van der Waals surface area contributed by atoms with Crippen LogP contribution in [0.5, 0.6) is 5.75 Å². The standard InChI is InChI=1S/C13H9F3N2O.C9H16O3/c14-13(15,16)19-12-8-6-11(7-9-12)18-17-10-4-2-1-3-5-10;1-3-5-6-7-8-11-12-9(10)4-2/h1-9H;4H,2-3,5-8H2,1H3. The summed E-state index contributed by atoms with van der Waals surface area (Å²) in [6.45, 7) is 5.84. The summed E-state index contributed by atoms with van der Waals surface area (Å²) in [6.07, 6.45) is 0.810. The predicted octanol–water partition coefficient (Wildman–Crippen LogP) is 7.23. The first-order valence-electron chi connectivity index (χ1n) is 9.62. The number of unbranched alkanes of at least 4 members (excludes halogenated alkanes) is 3. The van der Waals surface area contributed by atoms with Gasteiger partial charge in [0.25, 0.3) is 0 Å². The first-order chi connectivity index (χ1) is 14.8. The molecule has 0 atom stereocenters. The Bertz CT molecular complexity index is 795. The van der Waals surface area contributed by atoms with Gasteiger partial charge in [0.1, 0.15) is 5.75 Å². The minimum absolute atomic E-state index is 0.286. The third-order valence-corrected chi connectivity index (χ3v) is 3.50. The molecule has 0 saturated carbocycles. The Morgan fingerprint density at radius 3 is 2.13 bits per heavy atom. The van der Waals surface area contributed by atoms with Gasteiger partial charge in [0.05, 0.1) is 18.0 Å². The maximum atomic E-state index is 11.9. The summed E-state index contributed by atoms with van der Waals surface area (Å²) in [6, 6.07) is 14.2. The average Bonchev–Trinajstić information content (AvgIpc) is 2.75. The van der Waals surface area contributed by atoms with E-state index in [9.17, 15) is 18.0 Å². The average molecular weight is 438 g/mol. The second-order valence-corrected chi connectivity index (χ2v) is 6.07. The highest BCUT2D eigenvalue weighted by molar-refractivity contribution is 5.80. The van der Waals surface area contributed by atoms with Crippen LogP contribution >= 0.6 is 0 Å². The van der Waals surface area contributed by atoms with Crippen molar-refractivity contribution in [3.8, 4) is 5.75 Å². The highest BCUT2D eigenvalue weighted by atomic mass is 19.4. The lowest BCUT2D eigenvalue weighted by Crippen LogP contribution is -2.16. The van der Waals surface area contributed by atoms with Gasteiger partial charge in [0.2, 0.25) is 0 Å². The van der Waals surface area contributed by atoms with Gasteiger partial charge in [-0.15, -0.1) is 13.2 Å². The van der Waals surface area contributed by atoms with Crippen molar-refractivity contribution in [1.82, 2.24) is 0 Å². The Balaban J connectivity index is 0.000000348. The van der Waals surface area contributed by atoms with E-state index in [1.54, 1.807) is 12.1 Å². The molecule has 0 heterocycles. The van der Waals surface area contributed by atoms with Gasteiger partial charge < -0.3 is 4.74 Å². The Kier molecular flexibility index (Phi) is 12.3. The van der Waals surface area contributed by atoms with Crippen molar-refractivity contribution in [2.45, 2.75) is 39.0 Å². The fourth-order valence-electron chi connectivity index (χ4n) is 2.05. The lowest BCUT2D eigenvalue weighted by Gasteiger charge is -2.07. The SMILES string of the molecule is C=CC(=O)OOCCCCCC.FC(F)(F)Oc1ccc(N=Nc2ccccc2)cc1. The van der Waals surface area contributed by atoms with Crippen LogP contribution in [-0.4, -0.2) is 18.9 Å². The molecule has 0 unspecified atom stereocenters. The molecule has 0 aliphatic heterocycles. The van der Waals surface area contributed by atoms with Crippen molar-refractivity contribution in [1.29, 1.82) is 0 Å². The third kappa shape index (κ3) is 13.6. The molecule has 6 nitrogen and oxygen atoms in total. The van der Waals surface area contributed by atoms with Crippen LogP contribution in [0.4, 0.5) is 24.5 Å². The van der Waals surface area contributed by atoms with Gasteiger partial charge in [0, 0.05) is 6.08 Å². The lowest BCUT2D eigenvalue weighted by atomic mass is 10.2. The van der Waals surface area contributed by atoms with Gasteiger partial charge >= 0.3 is 12.3 Å². The van der Waals surface area contributed by atoms with Crippen molar-refractivity contribution < 1.29 is 32.5 Å². The monoisotopic (exact) mass is 438 g/mol. The van der Waals surface area contributed by atoms with E-state index in [2.05, 4.69) is 38.2 Å². The van der Waals surface area contributed by atoms with Crippen LogP contribution in [0.3, 0.4) is 0 Å². The molecule has 0 aliphatic rings. The molecule has 0 bridgehead atoms. The van der Waals surface area contributed by atoms with Crippen LogP contribution in [-0.2, 0) is 14.6 Å². The molecule has 0 fully saturated rings. The van der Waals surface area contributed by atoms with Gasteiger partial charge in [-0.25, -0.2) is 4.79 Å². The summed E-state index contributed by atoms with van der Waals surface area (Å²) in [5, 5.41) is 7.84. The third-order valence-electron chi connectivity index (χ3n) is 3.50. The second kappa shape index (κ2) is 14.7. The van der Waals surface area contributed by atoms with Crippen LogP contribution < -0.4 is 4.74 Å². The first-order valence-corrected chi connectivity index (χ1v) is 9.62. The summed E-state index contributed by atoms with van der Waals surface area (Å²) in [5.41, 5.74) is 1.11. The number of benzene rings is 2. The van der Waals surface area contributed by atoms with E-state index >= 15 is 0 Å². The molecule has 2 rings (SSSR count). The van der Waals surface area contributed by atoms with Crippen molar-refractivity contribution in [3.63, 3.8) is 0 Å². The summed E-state index contributed by atoms with van der Waals surface area (Å²) in [5.74, 6) is -0.823. The second-order valence-electron chi connectivity index (χ2n) is 6.07. The number of hydrogen-bond acceptors (Lipinski definition) is 6. The first kappa shape index (κ1) is 25.8. The van der Waals surface area contributed by atoms with E-state index in [4.69, 9.17) is 0 Å². The van der Waals surface area contributed by atoms with Crippen molar-refractivity contribution >= 4 is 17.3 Å². The number of ether oxygens (including phenoxy) is 1. The van der Waals surface area contributed by atoms with Gasteiger partial charge in [0.15, 0.2) is 0 Å². The van der Waals surface area contributed by atoms with E-state index in [1.807, 2.05) is 18.2 Å². The number of hydrogen-bond donors (Lipinski definition) is 0. The molecule has 0 spiro atoms. The molecule has 0 aliphatic carbocycles. The molecular formula is C22H25F3N2O4. The maximum absolute atomic E-state index is 11.9. The number of carbonyl (C=O) groups is 1. The molecule has 0 saturated heterocycles. The van der Waals surface area contributed by atoms with Crippen LogP contribution in [0.15, 0.2) is 77.5 Å². The highest BCUT2D eigenvalue weighted by Gasteiger charge is 2.30. The molecule has 168 valence electrons. The van der Waals surface area contributed by atoms with Gasteiger partial charge in [-0.2, -0.15) is 15.1 Å². The number of rotatable bonds is 10. The van der Waals surface area contributed by atoms with Crippen LogP contribution in [0.1, 0.15) is 32.6 Å². The fraction of sp³-hybridized carbons (Fsp3) is 0.318. The Labute approximate surface area is 179 Å². The Morgan fingerprint density at radius 1 is 0.968 bits per heavy atom. The minimum atomic E-state index is -4.69. The zero-order chi connectivity index (χ0) is 23.0. The van der Waals surface area contributed by atoms with E-state index in [-0.39, 0.29) is 5.75 Å². The highest BCUT2D eigenvalue weighted by Crippen LogP contribution is 2.25. The molecule has 0 aromatic heterocycles. The summed E-state index contributed by atoms with van der Waals surface area (Å²) in [4.78, 5) is 19.4. The largest absolute Gasteiger partial charge is 0.573 e. The topological polar surface area (TPSA) is 69.5 Å². The van der Waals surface area contributed by atoms with Crippen molar-refractivity contribution in [2.75, 3.05) is 6.61 Å². The van der Waals surface area contributed by atoms with Crippen LogP contribution in [0.2, 0.25) is 0 Å². The van der Waals surface area contributed by atoms with E-state index in [0.717, 1.165) is 18.9 Å². The minimum Gasteiger partial charge on any atom is -0.406 e. The molecule has 0 radical (unpaired) electrons. The summed E-state index contributed by atoms with van der Waals surface area (Å²) >= 11 is 0. The van der Waals surface area contributed by atoms with Gasteiger partial charge in [-0.3, -0.25) is 4.89 Å². The van der Waals surface area contributed by atoms with Gasteiger partial charge in [-0.05, 0) is 42.8 Å².